The molecule has 1 heterocycles. The number of fused-ring (bicyclic) bond motifs is 1. The van der Waals surface area contributed by atoms with Gasteiger partial charge in [-0.15, -0.1) is 0 Å². The van der Waals surface area contributed by atoms with Crippen molar-refractivity contribution < 1.29 is 9.18 Å². The van der Waals surface area contributed by atoms with Crippen LogP contribution in [0.4, 0.5) is 10.1 Å². The summed E-state index contributed by atoms with van der Waals surface area (Å²) in [6.45, 7) is 0. The second-order valence-electron chi connectivity index (χ2n) is 2.97. The average Bonchev–Trinajstić information content (AvgIpc) is 2.06. The first kappa shape index (κ1) is 8.69. The Morgan fingerprint density at radius 3 is 2.92 bits per heavy atom. The number of carbonyl (C=O) groups excluding carboxylic acids is 1. The van der Waals surface area contributed by atoms with E-state index in [2.05, 4.69) is 21.2 Å². The molecule has 0 unspecified atom stereocenters. The van der Waals surface area contributed by atoms with Gasteiger partial charge in [0.05, 0.1) is 5.69 Å². The summed E-state index contributed by atoms with van der Waals surface area (Å²) in [5.74, 6) is -0.290. The molecule has 0 atom stereocenters. The quantitative estimate of drug-likeness (QED) is 0.746. The van der Waals surface area contributed by atoms with E-state index in [1.807, 2.05) is 0 Å². The number of amides is 1. The van der Waals surface area contributed by atoms with E-state index in [0.717, 1.165) is 5.56 Å². The van der Waals surface area contributed by atoms with Crippen LogP contribution in [-0.4, -0.2) is 5.91 Å². The summed E-state index contributed by atoms with van der Waals surface area (Å²) >= 11 is 3.21. The first-order valence-electron chi connectivity index (χ1n) is 3.94. The Labute approximate surface area is 83.3 Å². The minimum absolute atomic E-state index is 0.0141. The molecule has 1 N–H and O–H groups in total. The molecule has 1 amide bonds. The lowest BCUT2D eigenvalue weighted by atomic mass is 10.0. The Hall–Kier alpha value is -0.900. The molecule has 0 radical (unpaired) electrons. The molecule has 1 aromatic carbocycles. The average molecular weight is 244 g/mol. The van der Waals surface area contributed by atoms with E-state index in [1.165, 1.54) is 12.1 Å². The second kappa shape index (κ2) is 3.10. The molecule has 13 heavy (non-hydrogen) atoms. The predicted molar refractivity (Wildman–Crippen MR) is 51.1 cm³/mol. The van der Waals surface area contributed by atoms with Crippen LogP contribution in [0, 0.1) is 5.82 Å². The van der Waals surface area contributed by atoms with Crippen LogP contribution in [-0.2, 0) is 11.2 Å². The normalized spacial score (nSPS) is 15.1. The second-order valence-corrected chi connectivity index (χ2v) is 3.82. The number of rotatable bonds is 0. The Balaban J connectivity index is 2.53. The molecule has 0 aliphatic carbocycles. The third-order valence-corrected chi connectivity index (χ3v) is 2.65. The number of halogens is 2. The number of nitrogens with one attached hydrogen (secondary N) is 1. The van der Waals surface area contributed by atoms with Crippen LogP contribution in [0.1, 0.15) is 12.0 Å². The highest BCUT2D eigenvalue weighted by atomic mass is 79.9. The van der Waals surface area contributed by atoms with Crippen LogP contribution < -0.4 is 5.32 Å². The zero-order valence-corrected chi connectivity index (χ0v) is 8.32. The minimum Gasteiger partial charge on any atom is -0.325 e. The largest absolute Gasteiger partial charge is 0.325 e. The van der Waals surface area contributed by atoms with Crippen molar-refractivity contribution in [2.45, 2.75) is 12.8 Å². The maximum absolute atomic E-state index is 12.9. The molecular weight excluding hydrogens is 237 g/mol. The lowest BCUT2D eigenvalue weighted by Crippen LogP contribution is -2.19. The maximum Gasteiger partial charge on any atom is 0.224 e. The maximum atomic E-state index is 12.9. The molecule has 1 aliphatic rings. The van der Waals surface area contributed by atoms with E-state index in [-0.39, 0.29) is 11.7 Å². The van der Waals surface area contributed by atoms with Crippen molar-refractivity contribution in [2.24, 2.45) is 0 Å². The SMILES string of the molecule is O=C1CCc2cc(F)cc(Br)c2N1. The third-order valence-electron chi connectivity index (χ3n) is 2.02. The van der Waals surface area contributed by atoms with Crippen molar-refractivity contribution >= 4 is 27.5 Å². The number of hydrogen-bond acceptors (Lipinski definition) is 1. The van der Waals surface area contributed by atoms with Gasteiger partial charge in [0.2, 0.25) is 5.91 Å². The minimum atomic E-state index is -0.276. The summed E-state index contributed by atoms with van der Waals surface area (Å²) < 4.78 is 13.5. The molecule has 0 spiro atoms. The van der Waals surface area contributed by atoms with Crippen molar-refractivity contribution in [1.29, 1.82) is 0 Å². The van der Waals surface area contributed by atoms with Gasteiger partial charge < -0.3 is 5.32 Å². The molecule has 2 rings (SSSR count). The summed E-state index contributed by atoms with van der Waals surface area (Å²) in [7, 11) is 0. The van der Waals surface area contributed by atoms with Gasteiger partial charge in [-0.1, -0.05) is 0 Å². The molecule has 0 bridgehead atoms. The molecule has 0 fully saturated rings. The zero-order valence-electron chi connectivity index (χ0n) is 6.73. The molecule has 68 valence electrons. The Bertz CT molecular complexity index is 378. The molecule has 0 aromatic heterocycles. The zero-order chi connectivity index (χ0) is 9.42. The van der Waals surface area contributed by atoms with Crippen molar-refractivity contribution in [3.63, 3.8) is 0 Å². The third kappa shape index (κ3) is 1.58. The summed E-state index contributed by atoms with van der Waals surface area (Å²) in [4.78, 5) is 11.0. The van der Waals surface area contributed by atoms with Gasteiger partial charge in [0.25, 0.3) is 0 Å². The van der Waals surface area contributed by atoms with Crippen molar-refractivity contribution in [1.82, 2.24) is 0 Å². The summed E-state index contributed by atoms with van der Waals surface area (Å²) in [5.41, 5.74) is 1.56. The van der Waals surface area contributed by atoms with E-state index < -0.39 is 0 Å². The van der Waals surface area contributed by atoms with E-state index in [1.54, 1.807) is 0 Å². The highest BCUT2D eigenvalue weighted by molar-refractivity contribution is 9.10. The van der Waals surface area contributed by atoms with Gasteiger partial charge in [-0.05, 0) is 40.0 Å². The van der Waals surface area contributed by atoms with Crippen LogP contribution in [0.15, 0.2) is 16.6 Å². The van der Waals surface area contributed by atoms with E-state index in [9.17, 15) is 9.18 Å². The van der Waals surface area contributed by atoms with Crippen molar-refractivity contribution in [3.05, 3.63) is 28.0 Å². The summed E-state index contributed by atoms with van der Waals surface area (Å²) in [6, 6.07) is 2.81. The van der Waals surface area contributed by atoms with Crippen LogP contribution in [0.2, 0.25) is 0 Å². The lowest BCUT2D eigenvalue weighted by molar-refractivity contribution is -0.116. The molecule has 1 aromatic rings. The number of anilines is 1. The van der Waals surface area contributed by atoms with Gasteiger partial charge in [0, 0.05) is 10.9 Å². The summed E-state index contributed by atoms with van der Waals surface area (Å²) in [5, 5.41) is 2.70. The van der Waals surface area contributed by atoms with Gasteiger partial charge in [-0.25, -0.2) is 4.39 Å². The number of carbonyl (C=O) groups is 1. The van der Waals surface area contributed by atoms with Crippen LogP contribution >= 0.6 is 15.9 Å². The van der Waals surface area contributed by atoms with Crippen LogP contribution in [0.3, 0.4) is 0 Å². The van der Waals surface area contributed by atoms with E-state index in [4.69, 9.17) is 0 Å². The molecule has 4 heteroatoms. The fourth-order valence-corrected chi connectivity index (χ4v) is 1.99. The number of hydrogen-bond donors (Lipinski definition) is 1. The highest BCUT2D eigenvalue weighted by Gasteiger charge is 2.17. The standard InChI is InChI=1S/C9H7BrFNO/c10-7-4-6(11)3-5-1-2-8(13)12-9(5)7/h3-4H,1-2H2,(H,12,13). The monoisotopic (exact) mass is 243 g/mol. The Morgan fingerprint density at radius 1 is 1.38 bits per heavy atom. The van der Waals surface area contributed by atoms with Gasteiger partial charge in [0.15, 0.2) is 0 Å². The van der Waals surface area contributed by atoms with E-state index in [0.29, 0.717) is 23.0 Å². The molecule has 2 nitrogen and oxygen atoms in total. The predicted octanol–water partition coefficient (Wildman–Crippen LogP) is 2.47. The Kier molecular flexibility index (Phi) is 2.07. The summed E-state index contributed by atoms with van der Waals surface area (Å²) in [6.07, 6.45) is 1.04. The smallest absolute Gasteiger partial charge is 0.224 e. The highest BCUT2D eigenvalue weighted by Crippen LogP contribution is 2.31. The molecule has 0 saturated heterocycles. The Morgan fingerprint density at radius 2 is 2.15 bits per heavy atom. The fourth-order valence-electron chi connectivity index (χ4n) is 1.41. The van der Waals surface area contributed by atoms with Crippen molar-refractivity contribution in [2.75, 3.05) is 5.32 Å². The topological polar surface area (TPSA) is 29.1 Å². The number of aryl methyl sites for hydroxylation is 1. The fraction of sp³-hybridized carbons (Fsp3) is 0.222. The first-order valence-corrected chi connectivity index (χ1v) is 4.74. The lowest BCUT2D eigenvalue weighted by Gasteiger charge is -2.17. The van der Waals surface area contributed by atoms with Gasteiger partial charge in [0.1, 0.15) is 5.82 Å². The molecular formula is C9H7BrFNO. The van der Waals surface area contributed by atoms with Crippen molar-refractivity contribution in [3.8, 4) is 0 Å². The van der Waals surface area contributed by atoms with E-state index >= 15 is 0 Å². The van der Waals surface area contributed by atoms with Gasteiger partial charge in [-0.2, -0.15) is 0 Å². The number of benzene rings is 1. The first-order chi connectivity index (χ1) is 6.16. The molecule has 0 saturated carbocycles. The van der Waals surface area contributed by atoms with Crippen LogP contribution in [0.25, 0.3) is 0 Å². The van der Waals surface area contributed by atoms with Gasteiger partial charge >= 0.3 is 0 Å². The molecule has 1 aliphatic heterocycles. The van der Waals surface area contributed by atoms with Crippen LogP contribution in [0.5, 0.6) is 0 Å². The van der Waals surface area contributed by atoms with Gasteiger partial charge in [-0.3, -0.25) is 4.79 Å².